The third-order valence-electron chi connectivity index (χ3n) is 6.60. The Hall–Kier alpha value is -3.46. The van der Waals surface area contributed by atoms with E-state index in [9.17, 15) is 19.2 Å². The molecule has 14 nitrogen and oxygen atoms in total. The molecule has 0 saturated heterocycles. The molecule has 0 unspecified atom stereocenters. The van der Waals surface area contributed by atoms with Gasteiger partial charge in [0, 0.05) is 6.54 Å². The van der Waals surface area contributed by atoms with Crippen LogP contribution in [0, 0.1) is 0 Å². The van der Waals surface area contributed by atoms with Gasteiger partial charge in [0.1, 0.15) is 34.6 Å². The Morgan fingerprint density at radius 1 is 0.822 bits per heavy atom. The van der Waals surface area contributed by atoms with E-state index in [4.69, 9.17) is 23.4 Å². The lowest BCUT2D eigenvalue weighted by Crippen LogP contribution is -2.50. The van der Waals surface area contributed by atoms with Gasteiger partial charge in [-0.05, 0) is 87.4 Å². The monoisotopic (exact) mass is 653 g/mol. The summed E-state index contributed by atoms with van der Waals surface area (Å²) in [6, 6.07) is -0.819. The van der Waals surface area contributed by atoms with E-state index < -0.39 is 67.4 Å². The number of carbonyl (C=O) groups is 4. The standard InChI is InChI=1S/C30H51N5O9Si/c1-17(44-45(14,15)30(11,12)13)20(36)18-16-31-21-19(32-18)22(40-26(39)43-29(8,9)10)34-23(33-21)35(24(37)41-27(2,3)4)25(38)42-28(5,6)7/h17-18,32H,16H2,1-15H3,(H,31,33,34)/t17-,18-/m0/s1. The first-order chi connectivity index (χ1) is 20.1. The highest BCUT2D eigenvalue weighted by Crippen LogP contribution is 2.39. The van der Waals surface area contributed by atoms with Crippen LogP contribution in [0.1, 0.15) is 90.0 Å². The van der Waals surface area contributed by atoms with Crippen LogP contribution in [0.15, 0.2) is 0 Å². The smallest absolute Gasteiger partial charge is 0.443 e. The molecule has 1 aromatic heterocycles. The summed E-state index contributed by atoms with van der Waals surface area (Å²) >= 11 is 0. The minimum Gasteiger partial charge on any atom is -0.443 e. The molecule has 2 amide bonds. The van der Waals surface area contributed by atoms with Crippen molar-refractivity contribution >= 4 is 49.9 Å². The van der Waals surface area contributed by atoms with Crippen LogP contribution < -0.4 is 20.3 Å². The van der Waals surface area contributed by atoms with Crippen molar-refractivity contribution < 1.29 is 42.6 Å². The number of carbonyl (C=O) groups excluding carboxylic acids is 4. The van der Waals surface area contributed by atoms with Gasteiger partial charge in [0.25, 0.3) is 5.88 Å². The molecule has 1 aliphatic rings. The molecule has 0 radical (unpaired) electrons. The zero-order valence-electron chi connectivity index (χ0n) is 29.4. The quantitative estimate of drug-likeness (QED) is 0.190. The minimum atomic E-state index is -2.27. The largest absolute Gasteiger partial charge is 0.515 e. The molecule has 0 aliphatic carbocycles. The van der Waals surface area contributed by atoms with Crippen molar-refractivity contribution in [1.29, 1.82) is 0 Å². The first kappa shape index (κ1) is 37.7. The summed E-state index contributed by atoms with van der Waals surface area (Å²) in [5.41, 5.74) is -2.84. The normalized spacial score (nSPS) is 16.3. The van der Waals surface area contributed by atoms with Gasteiger partial charge in [-0.15, -0.1) is 4.90 Å². The Labute approximate surface area is 267 Å². The lowest BCUT2D eigenvalue weighted by Gasteiger charge is -2.39. The highest BCUT2D eigenvalue weighted by atomic mass is 28.4. The number of nitrogens with one attached hydrogen (secondary N) is 2. The zero-order chi connectivity index (χ0) is 34.9. The van der Waals surface area contributed by atoms with Crippen molar-refractivity contribution in [2.75, 3.05) is 22.1 Å². The summed E-state index contributed by atoms with van der Waals surface area (Å²) in [6.07, 6.45) is -4.08. The Balaban J connectivity index is 2.60. The van der Waals surface area contributed by atoms with E-state index in [2.05, 4.69) is 54.5 Å². The first-order valence-corrected chi connectivity index (χ1v) is 17.8. The molecule has 0 aromatic carbocycles. The fourth-order valence-corrected chi connectivity index (χ4v) is 4.97. The Kier molecular flexibility index (Phi) is 11.0. The number of fused-ring (bicyclic) bond motifs is 1. The number of ketones is 1. The maximum atomic E-state index is 13.5. The molecule has 2 N–H and O–H groups in total. The van der Waals surface area contributed by atoms with Crippen LogP contribution in [0.3, 0.4) is 0 Å². The number of amides is 2. The fourth-order valence-electron chi connectivity index (χ4n) is 3.62. The molecule has 2 atom stereocenters. The van der Waals surface area contributed by atoms with E-state index in [1.807, 2.05) is 0 Å². The molecule has 0 saturated carbocycles. The van der Waals surface area contributed by atoms with Gasteiger partial charge in [0.05, 0.1) is 0 Å². The maximum absolute atomic E-state index is 13.5. The molecule has 2 heterocycles. The van der Waals surface area contributed by atoms with E-state index in [1.165, 1.54) is 0 Å². The zero-order valence-corrected chi connectivity index (χ0v) is 30.4. The van der Waals surface area contributed by atoms with E-state index in [0.717, 1.165) is 0 Å². The van der Waals surface area contributed by atoms with Crippen molar-refractivity contribution in [2.24, 2.45) is 0 Å². The highest BCUT2D eigenvalue weighted by molar-refractivity contribution is 6.74. The van der Waals surface area contributed by atoms with Crippen molar-refractivity contribution in [3.05, 3.63) is 0 Å². The van der Waals surface area contributed by atoms with Crippen molar-refractivity contribution in [1.82, 2.24) is 9.97 Å². The van der Waals surface area contributed by atoms with Crippen LogP contribution in [-0.2, 0) is 23.4 Å². The average Bonchev–Trinajstić information content (AvgIpc) is 2.78. The van der Waals surface area contributed by atoms with Crippen LogP contribution in [0.2, 0.25) is 18.1 Å². The number of Topliss-reactive ketones (excluding diaryl/α,β-unsaturated/α-hetero) is 1. The summed E-state index contributed by atoms with van der Waals surface area (Å²) in [5, 5.41) is 5.97. The molecule has 254 valence electrons. The fraction of sp³-hybridized carbons (Fsp3) is 0.733. The molecule has 1 aliphatic heterocycles. The van der Waals surface area contributed by atoms with Gasteiger partial charge >= 0.3 is 18.3 Å². The number of nitrogens with zero attached hydrogens (tertiary/aromatic N) is 3. The number of ether oxygens (including phenoxy) is 4. The van der Waals surface area contributed by atoms with Crippen molar-refractivity contribution in [2.45, 2.75) is 137 Å². The number of imide groups is 1. The van der Waals surface area contributed by atoms with Gasteiger partial charge in [-0.3, -0.25) is 4.79 Å². The summed E-state index contributed by atoms with van der Waals surface area (Å²) < 4.78 is 28.0. The topological polar surface area (TPSA) is 168 Å². The lowest BCUT2D eigenvalue weighted by molar-refractivity contribution is -0.126. The minimum absolute atomic E-state index is 0.0436. The second-order valence-electron chi connectivity index (χ2n) is 15.4. The molecular weight excluding hydrogens is 602 g/mol. The lowest BCUT2D eigenvalue weighted by atomic mass is 10.1. The van der Waals surface area contributed by atoms with Gasteiger partial charge in [-0.2, -0.15) is 9.97 Å². The molecular formula is C30H51N5O9Si. The third-order valence-corrected chi connectivity index (χ3v) is 11.2. The molecule has 0 bridgehead atoms. The second kappa shape index (κ2) is 13.1. The van der Waals surface area contributed by atoms with Crippen LogP contribution >= 0.6 is 0 Å². The van der Waals surface area contributed by atoms with Crippen LogP contribution in [0.4, 0.5) is 31.8 Å². The van der Waals surface area contributed by atoms with Crippen LogP contribution in [0.25, 0.3) is 0 Å². The van der Waals surface area contributed by atoms with Crippen LogP contribution in [-0.4, -0.2) is 77.9 Å². The van der Waals surface area contributed by atoms with Gasteiger partial charge in [0.2, 0.25) is 5.95 Å². The molecule has 2 rings (SSSR count). The number of anilines is 3. The van der Waals surface area contributed by atoms with Crippen LogP contribution in [0.5, 0.6) is 5.88 Å². The number of rotatable bonds is 6. The van der Waals surface area contributed by atoms with Gasteiger partial charge in [-0.25, -0.2) is 14.4 Å². The third kappa shape index (κ3) is 10.8. The van der Waals surface area contributed by atoms with E-state index in [1.54, 1.807) is 69.2 Å². The molecule has 15 heteroatoms. The van der Waals surface area contributed by atoms with Crippen molar-refractivity contribution in [3.8, 4) is 5.88 Å². The SMILES string of the molecule is C[C@H](O[Si](C)(C)C(C)(C)C)C(=O)[C@@H]1CNc2nc(N(C(=O)OC(C)(C)C)C(=O)OC(C)(C)C)nc(OC(=O)OC(C)(C)C)c2N1. The maximum Gasteiger partial charge on any atom is 0.515 e. The van der Waals surface area contributed by atoms with Gasteiger partial charge in [-0.1, -0.05) is 20.8 Å². The number of hydrogen-bond donors (Lipinski definition) is 2. The number of hydrogen-bond acceptors (Lipinski definition) is 13. The Bertz CT molecular complexity index is 1260. The number of aromatic nitrogens is 2. The molecule has 0 spiro atoms. The van der Waals surface area contributed by atoms with Gasteiger partial charge < -0.3 is 34.0 Å². The summed E-state index contributed by atoms with van der Waals surface area (Å²) in [4.78, 5) is 62.0. The van der Waals surface area contributed by atoms with Gasteiger partial charge in [0.15, 0.2) is 19.9 Å². The molecule has 1 aromatic rings. The molecule has 0 fully saturated rings. The predicted molar refractivity (Wildman–Crippen MR) is 172 cm³/mol. The average molecular weight is 654 g/mol. The first-order valence-electron chi connectivity index (χ1n) is 14.9. The van der Waals surface area contributed by atoms with E-state index in [0.29, 0.717) is 4.90 Å². The predicted octanol–water partition coefficient (Wildman–Crippen LogP) is 6.65. The second-order valence-corrected chi connectivity index (χ2v) is 20.2. The Morgan fingerprint density at radius 2 is 1.31 bits per heavy atom. The van der Waals surface area contributed by atoms with E-state index in [-0.39, 0.29) is 28.9 Å². The summed E-state index contributed by atoms with van der Waals surface area (Å²) in [5.74, 6) is -1.08. The highest BCUT2D eigenvalue weighted by Gasteiger charge is 2.42. The van der Waals surface area contributed by atoms with Crippen molar-refractivity contribution in [3.63, 3.8) is 0 Å². The summed E-state index contributed by atoms with van der Waals surface area (Å²) in [6.45, 7) is 26.9. The Morgan fingerprint density at radius 3 is 1.76 bits per heavy atom. The van der Waals surface area contributed by atoms with E-state index >= 15 is 0 Å². The molecule has 45 heavy (non-hydrogen) atoms. The summed E-state index contributed by atoms with van der Waals surface area (Å²) in [7, 11) is -2.27.